The van der Waals surface area contributed by atoms with Crippen molar-refractivity contribution >= 4 is 11.9 Å². The number of ether oxygens (including phenoxy) is 1. The van der Waals surface area contributed by atoms with E-state index in [2.05, 4.69) is 29.7 Å². The van der Waals surface area contributed by atoms with Crippen LogP contribution >= 0.6 is 0 Å². The number of carbonyl (C=O) groups excluding carboxylic acids is 1. The van der Waals surface area contributed by atoms with Crippen molar-refractivity contribution in [2.75, 3.05) is 26.2 Å². The number of rotatable bonds is 10. The molecule has 1 amide bonds. The number of aliphatic imine (C=N–C) groups is 1. The van der Waals surface area contributed by atoms with Gasteiger partial charge in [-0.25, -0.2) is 4.99 Å². The van der Waals surface area contributed by atoms with Crippen molar-refractivity contribution in [3.8, 4) is 0 Å². The summed E-state index contributed by atoms with van der Waals surface area (Å²) < 4.78 is 6.01. The molecular weight excluding hydrogens is 376 g/mol. The quantitative estimate of drug-likeness (QED) is 0.349. The zero-order valence-corrected chi connectivity index (χ0v) is 18.5. The zero-order valence-electron chi connectivity index (χ0n) is 18.5. The summed E-state index contributed by atoms with van der Waals surface area (Å²) in [7, 11) is 0. The van der Waals surface area contributed by atoms with Crippen LogP contribution in [0.1, 0.15) is 69.4 Å². The van der Waals surface area contributed by atoms with Crippen molar-refractivity contribution in [1.29, 1.82) is 0 Å². The highest BCUT2D eigenvalue weighted by Crippen LogP contribution is 2.20. The summed E-state index contributed by atoms with van der Waals surface area (Å²) in [4.78, 5) is 18.7. The van der Waals surface area contributed by atoms with Crippen LogP contribution in [-0.4, -0.2) is 49.1 Å². The van der Waals surface area contributed by atoms with E-state index in [1.807, 2.05) is 17.0 Å². The number of amides is 1. The van der Waals surface area contributed by atoms with Crippen molar-refractivity contribution in [1.82, 2.24) is 15.5 Å². The third-order valence-electron chi connectivity index (χ3n) is 5.92. The number of nitrogens with one attached hydrogen (secondary N) is 2. The van der Waals surface area contributed by atoms with Crippen molar-refractivity contribution in [3.05, 3.63) is 35.4 Å². The van der Waals surface area contributed by atoms with Gasteiger partial charge in [0.25, 0.3) is 0 Å². The predicted molar refractivity (Wildman–Crippen MR) is 121 cm³/mol. The summed E-state index contributed by atoms with van der Waals surface area (Å²) in [5, 5.41) is 6.75. The van der Waals surface area contributed by atoms with Crippen molar-refractivity contribution in [2.45, 2.75) is 77.5 Å². The topological polar surface area (TPSA) is 66.0 Å². The summed E-state index contributed by atoms with van der Waals surface area (Å²) in [6, 6.07) is 8.31. The standard InChI is InChI=1S/C24H38N4O2/c1-2-25-24(26-15-9-17-30-22-12-4-3-5-13-22)27-18-20-10-6-7-11-21(20)19-28-16-8-14-23(28)29/h6-7,10-11,22H,2-5,8-9,12-19H2,1H3,(H2,25,26,27). The molecule has 0 spiro atoms. The second kappa shape index (κ2) is 12.6. The van der Waals surface area contributed by atoms with Gasteiger partial charge in [-0.3, -0.25) is 4.79 Å². The average molecular weight is 415 g/mol. The Morgan fingerprint density at radius 3 is 2.67 bits per heavy atom. The number of carbonyl (C=O) groups is 1. The molecule has 30 heavy (non-hydrogen) atoms. The number of guanidine groups is 1. The monoisotopic (exact) mass is 414 g/mol. The second-order valence-corrected chi connectivity index (χ2v) is 8.29. The van der Waals surface area contributed by atoms with Crippen LogP contribution in [0.5, 0.6) is 0 Å². The van der Waals surface area contributed by atoms with Crippen LogP contribution in [0.2, 0.25) is 0 Å². The van der Waals surface area contributed by atoms with E-state index in [-0.39, 0.29) is 5.91 Å². The molecule has 0 aromatic heterocycles. The lowest BCUT2D eigenvalue weighted by Crippen LogP contribution is -2.38. The number of nitrogens with zero attached hydrogens (tertiary/aromatic N) is 2. The van der Waals surface area contributed by atoms with Crippen molar-refractivity contribution in [3.63, 3.8) is 0 Å². The normalized spacial score (nSPS) is 18.1. The summed E-state index contributed by atoms with van der Waals surface area (Å²) in [5.74, 6) is 1.10. The molecule has 0 radical (unpaired) electrons. The Morgan fingerprint density at radius 2 is 1.93 bits per heavy atom. The molecule has 0 unspecified atom stereocenters. The minimum Gasteiger partial charge on any atom is -0.378 e. The molecule has 2 aliphatic rings. The van der Waals surface area contributed by atoms with E-state index in [1.54, 1.807) is 0 Å². The van der Waals surface area contributed by atoms with Crippen LogP contribution in [0.25, 0.3) is 0 Å². The Hall–Kier alpha value is -2.08. The van der Waals surface area contributed by atoms with Crippen LogP contribution in [-0.2, 0) is 22.6 Å². The van der Waals surface area contributed by atoms with E-state index in [0.717, 1.165) is 45.0 Å². The van der Waals surface area contributed by atoms with E-state index in [9.17, 15) is 4.79 Å². The van der Waals surface area contributed by atoms with E-state index in [1.165, 1.54) is 43.2 Å². The van der Waals surface area contributed by atoms with Crippen LogP contribution < -0.4 is 10.6 Å². The lowest BCUT2D eigenvalue weighted by molar-refractivity contribution is -0.128. The van der Waals surface area contributed by atoms with Gasteiger partial charge in [0.15, 0.2) is 5.96 Å². The van der Waals surface area contributed by atoms with Crippen molar-refractivity contribution in [2.24, 2.45) is 4.99 Å². The van der Waals surface area contributed by atoms with Gasteiger partial charge in [0.2, 0.25) is 5.91 Å². The smallest absolute Gasteiger partial charge is 0.222 e. The first-order valence-corrected chi connectivity index (χ1v) is 11.7. The highest BCUT2D eigenvalue weighted by molar-refractivity contribution is 5.79. The number of hydrogen-bond acceptors (Lipinski definition) is 3. The van der Waals surface area contributed by atoms with Gasteiger partial charge in [0.05, 0.1) is 12.6 Å². The van der Waals surface area contributed by atoms with Gasteiger partial charge in [-0.2, -0.15) is 0 Å². The number of likely N-dealkylation sites (tertiary alicyclic amines) is 1. The van der Waals surface area contributed by atoms with Gasteiger partial charge in [-0.1, -0.05) is 43.5 Å². The molecule has 1 saturated heterocycles. The Bertz CT molecular complexity index is 686. The lowest BCUT2D eigenvalue weighted by Gasteiger charge is -2.22. The minimum atomic E-state index is 0.263. The summed E-state index contributed by atoms with van der Waals surface area (Å²) in [5.41, 5.74) is 2.36. The Balaban J connectivity index is 1.46. The molecule has 3 rings (SSSR count). The summed E-state index contributed by atoms with van der Waals surface area (Å²) in [6.07, 6.45) is 9.54. The zero-order chi connectivity index (χ0) is 21.0. The van der Waals surface area contributed by atoms with E-state index in [4.69, 9.17) is 9.73 Å². The summed E-state index contributed by atoms with van der Waals surface area (Å²) >= 11 is 0. The first-order chi connectivity index (χ1) is 14.8. The molecule has 2 fully saturated rings. The molecule has 1 heterocycles. The second-order valence-electron chi connectivity index (χ2n) is 8.29. The van der Waals surface area contributed by atoms with Crippen LogP contribution in [0.3, 0.4) is 0 Å². The Morgan fingerprint density at radius 1 is 1.13 bits per heavy atom. The molecule has 1 aromatic rings. The maximum Gasteiger partial charge on any atom is 0.222 e. The van der Waals surface area contributed by atoms with Crippen LogP contribution in [0, 0.1) is 0 Å². The first kappa shape index (κ1) is 22.6. The molecule has 6 heteroatoms. The van der Waals surface area contributed by atoms with E-state index < -0.39 is 0 Å². The lowest BCUT2D eigenvalue weighted by atomic mass is 9.98. The predicted octanol–water partition coefficient (Wildman–Crippen LogP) is 3.60. The fourth-order valence-corrected chi connectivity index (χ4v) is 4.21. The molecule has 2 N–H and O–H groups in total. The molecule has 0 atom stereocenters. The largest absolute Gasteiger partial charge is 0.378 e. The fourth-order valence-electron chi connectivity index (χ4n) is 4.21. The third kappa shape index (κ3) is 7.31. The van der Waals surface area contributed by atoms with Crippen molar-refractivity contribution < 1.29 is 9.53 Å². The molecule has 166 valence electrons. The molecule has 1 aromatic carbocycles. The van der Waals surface area contributed by atoms with E-state index >= 15 is 0 Å². The Labute approximate surface area is 181 Å². The van der Waals surface area contributed by atoms with Gasteiger partial charge < -0.3 is 20.3 Å². The minimum absolute atomic E-state index is 0.263. The van der Waals surface area contributed by atoms with E-state index in [0.29, 0.717) is 25.6 Å². The highest BCUT2D eigenvalue weighted by Gasteiger charge is 2.20. The molecular formula is C24H38N4O2. The van der Waals surface area contributed by atoms with Gasteiger partial charge in [-0.05, 0) is 43.7 Å². The maximum atomic E-state index is 12.0. The highest BCUT2D eigenvalue weighted by atomic mass is 16.5. The van der Waals surface area contributed by atoms with Gasteiger partial charge in [0.1, 0.15) is 0 Å². The average Bonchev–Trinajstić information content (AvgIpc) is 3.17. The van der Waals surface area contributed by atoms with Crippen LogP contribution in [0.15, 0.2) is 29.3 Å². The third-order valence-corrected chi connectivity index (χ3v) is 5.92. The Kier molecular flexibility index (Phi) is 9.48. The van der Waals surface area contributed by atoms with Crippen LogP contribution in [0.4, 0.5) is 0 Å². The number of hydrogen-bond donors (Lipinski definition) is 2. The van der Waals surface area contributed by atoms with Gasteiger partial charge in [-0.15, -0.1) is 0 Å². The molecule has 0 bridgehead atoms. The first-order valence-electron chi connectivity index (χ1n) is 11.7. The number of benzene rings is 1. The van der Waals surface area contributed by atoms with Gasteiger partial charge in [0, 0.05) is 39.2 Å². The molecule has 1 saturated carbocycles. The molecule has 1 aliphatic heterocycles. The SMILES string of the molecule is CCNC(=NCc1ccccc1CN1CCCC1=O)NCCCOC1CCCCC1. The molecule has 6 nitrogen and oxygen atoms in total. The maximum absolute atomic E-state index is 12.0. The summed E-state index contributed by atoms with van der Waals surface area (Å²) in [6.45, 7) is 6.72. The molecule has 1 aliphatic carbocycles. The fraction of sp³-hybridized carbons (Fsp3) is 0.667. The van der Waals surface area contributed by atoms with Gasteiger partial charge >= 0.3 is 0 Å².